The van der Waals surface area contributed by atoms with Crippen LogP contribution in [-0.2, 0) is 16.4 Å². The van der Waals surface area contributed by atoms with Crippen molar-refractivity contribution in [1.82, 2.24) is 9.21 Å². The Morgan fingerprint density at radius 3 is 2.79 bits per heavy atom. The summed E-state index contributed by atoms with van der Waals surface area (Å²) in [5.41, 5.74) is 2.68. The van der Waals surface area contributed by atoms with Crippen LogP contribution < -0.4 is 0 Å². The van der Waals surface area contributed by atoms with Crippen molar-refractivity contribution in [1.29, 1.82) is 0 Å². The van der Waals surface area contributed by atoms with Gasteiger partial charge in [-0.15, -0.1) is 12.4 Å². The molecule has 0 N–H and O–H groups in total. The Labute approximate surface area is 155 Å². The first kappa shape index (κ1) is 18.5. The van der Waals surface area contributed by atoms with Gasteiger partial charge in [0.1, 0.15) is 0 Å². The summed E-state index contributed by atoms with van der Waals surface area (Å²) in [4.78, 5) is 2.55. The van der Waals surface area contributed by atoms with Crippen molar-refractivity contribution in [3.8, 4) is 0 Å². The second-order valence-corrected chi connectivity index (χ2v) is 9.55. The Morgan fingerprint density at radius 2 is 2.04 bits per heavy atom. The number of benzene rings is 1. The first-order valence-corrected chi connectivity index (χ1v) is 10.7. The van der Waals surface area contributed by atoms with Crippen LogP contribution in [0.4, 0.5) is 0 Å². The lowest BCUT2D eigenvalue weighted by atomic mass is 9.77. The van der Waals surface area contributed by atoms with Gasteiger partial charge in [-0.2, -0.15) is 4.31 Å². The lowest BCUT2D eigenvalue weighted by Gasteiger charge is -2.51. The van der Waals surface area contributed by atoms with Gasteiger partial charge in [0.2, 0.25) is 10.0 Å². The van der Waals surface area contributed by atoms with Crippen molar-refractivity contribution in [2.24, 2.45) is 5.92 Å². The van der Waals surface area contributed by atoms with Gasteiger partial charge in [0.15, 0.2) is 0 Å². The Morgan fingerprint density at radius 1 is 1.25 bits per heavy atom. The molecule has 1 aromatic rings. The number of piperidine rings is 2. The standard InChI is InChI=1S/C17H23ClN2O2S.ClH/c1-23(21,22)20-7-2-3-13-11-19-8-6-12-4-5-14(18)9-15(12)17(19)10-16(13)20;/h4-5,9,13,16-17H,2-3,6-8,10-11H2,1H3;1H/t13-,16+,17+;/m1./s1. The largest absolute Gasteiger partial charge is 0.296 e. The molecule has 1 aromatic carbocycles. The summed E-state index contributed by atoms with van der Waals surface area (Å²) in [6, 6.07) is 6.63. The monoisotopic (exact) mass is 390 g/mol. The molecule has 134 valence electrons. The van der Waals surface area contributed by atoms with Crippen molar-refractivity contribution in [3.05, 3.63) is 34.3 Å². The summed E-state index contributed by atoms with van der Waals surface area (Å²) in [5.74, 6) is 0.468. The predicted molar refractivity (Wildman–Crippen MR) is 99.4 cm³/mol. The van der Waals surface area contributed by atoms with Crippen LogP contribution in [0.5, 0.6) is 0 Å². The third-order valence-electron chi connectivity index (χ3n) is 5.80. The van der Waals surface area contributed by atoms with Crippen molar-refractivity contribution in [3.63, 3.8) is 0 Å². The van der Waals surface area contributed by atoms with Crippen LogP contribution in [-0.4, -0.2) is 49.6 Å². The molecule has 2 fully saturated rings. The zero-order chi connectivity index (χ0) is 16.2. The second kappa shape index (κ2) is 6.76. The van der Waals surface area contributed by atoms with Gasteiger partial charge in [-0.3, -0.25) is 4.90 Å². The van der Waals surface area contributed by atoms with Gasteiger partial charge >= 0.3 is 0 Å². The number of sulfonamides is 1. The fourth-order valence-electron chi connectivity index (χ4n) is 4.78. The summed E-state index contributed by atoms with van der Waals surface area (Å²) in [5, 5.41) is 0.774. The minimum Gasteiger partial charge on any atom is -0.296 e. The number of hydrogen-bond acceptors (Lipinski definition) is 3. The zero-order valence-electron chi connectivity index (χ0n) is 13.8. The number of fused-ring (bicyclic) bond motifs is 4. The van der Waals surface area contributed by atoms with Crippen LogP contribution in [0.25, 0.3) is 0 Å². The predicted octanol–water partition coefficient (Wildman–Crippen LogP) is 3.10. The molecule has 2 saturated heterocycles. The SMILES string of the molecule is CS(=O)(=O)N1CCC[C@@H]2CN3CCc4ccc(Cl)cc4[C@@H]3C[C@@H]21.Cl. The summed E-state index contributed by atoms with van der Waals surface area (Å²) in [7, 11) is -3.13. The van der Waals surface area contributed by atoms with Crippen LogP contribution in [0.2, 0.25) is 5.02 Å². The molecule has 0 bridgehead atoms. The van der Waals surface area contributed by atoms with Gasteiger partial charge in [0, 0.05) is 36.7 Å². The van der Waals surface area contributed by atoms with E-state index in [0.717, 1.165) is 43.8 Å². The third-order valence-corrected chi connectivity index (χ3v) is 7.34. The quantitative estimate of drug-likeness (QED) is 0.739. The Balaban J connectivity index is 0.00000169. The third kappa shape index (κ3) is 3.21. The molecule has 0 amide bonds. The molecule has 3 atom stereocenters. The maximum absolute atomic E-state index is 12.2. The second-order valence-electron chi connectivity index (χ2n) is 7.18. The molecule has 7 heteroatoms. The smallest absolute Gasteiger partial charge is 0.211 e. The molecule has 24 heavy (non-hydrogen) atoms. The first-order valence-electron chi connectivity index (χ1n) is 8.42. The van der Waals surface area contributed by atoms with Crippen molar-refractivity contribution in [2.75, 3.05) is 25.9 Å². The van der Waals surface area contributed by atoms with Crippen molar-refractivity contribution < 1.29 is 8.42 Å². The van der Waals surface area contributed by atoms with E-state index in [-0.39, 0.29) is 18.4 Å². The Bertz CT molecular complexity index is 725. The molecule has 0 aliphatic carbocycles. The van der Waals surface area contributed by atoms with Gasteiger partial charge in [-0.1, -0.05) is 17.7 Å². The van der Waals surface area contributed by atoms with Gasteiger partial charge < -0.3 is 0 Å². The molecule has 0 spiro atoms. The minimum atomic E-state index is -3.13. The van der Waals surface area contributed by atoms with Crippen LogP contribution in [0, 0.1) is 5.92 Å². The fraction of sp³-hybridized carbons (Fsp3) is 0.647. The van der Waals surface area contributed by atoms with E-state index >= 15 is 0 Å². The zero-order valence-corrected chi connectivity index (χ0v) is 16.2. The molecule has 3 aliphatic rings. The minimum absolute atomic E-state index is 0. The molecule has 0 unspecified atom stereocenters. The number of hydrogen-bond donors (Lipinski definition) is 0. The van der Waals surface area contributed by atoms with E-state index in [4.69, 9.17) is 11.6 Å². The molecule has 3 heterocycles. The van der Waals surface area contributed by atoms with Gasteiger partial charge in [-0.25, -0.2) is 8.42 Å². The van der Waals surface area contributed by atoms with Crippen LogP contribution in [0.1, 0.15) is 36.4 Å². The molecule has 4 rings (SSSR count). The maximum atomic E-state index is 12.2. The fourth-order valence-corrected chi connectivity index (χ4v) is 6.17. The molecule has 0 radical (unpaired) electrons. The Kier molecular flexibility index (Phi) is 5.20. The molecular formula is C17H24Cl2N2O2S. The number of nitrogens with zero attached hydrogens (tertiary/aromatic N) is 2. The molecule has 0 aromatic heterocycles. The first-order chi connectivity index (χ1) is 10.9. The highest BCUT2D eigenvalue weighted by atomic mass is 35.5. The topological polar surface area (TPSA) is 40.6 Å². The average Bonchev–Trinajstić information content (AvgIpc) is 2.51. The molecule has 4 nitrogen and oxygen atoms in total. The summed E-state index contributed by atoms with van der Waals surface area (Å²) in [6.07, 6.45) is 5.44. The van der Waals surface area contributed by atoms with Gasteiger partial charge in [-0.05, 0) is 54.9 Å². The summed E-state index contributed by atoms with van der Waals surface area (Å²) < 4.78 is 26.1. The normalized spacial score (nSPS) is 30.7. The molecule has 3 aliphatic heterocycles. The highest BCUT2D eigenvalue weighted by Gasteiger charge is 2.44. The van der Waals surface area contributed by atoms with Gasteiger partial charge in [0.05, 0.1) is 6.26 Å². The Hall–Kier alpha value is -0.330. The van der Waals surface area contributed by atoms with E-state index in [0.29, 0.717) is 18.5 Å². The van der Waals surface area contributed by atoms with Crippen molar-refractivity contribution in [2.45, 2.75) is 37.8 Å². The highest BCUT2D eigenvalue weighted by Crippen LogP contribution is 2.43. The van der Waals surface area contributed by atoms with E-state index in [1.807, 2.05) is 6.07 Å². The number of rotatable bonds is 1. The highest BCUT2D eigenvalue weighted by molar-refractivity contribution is 7.88. The maximum Gasteiger partial charge on any atom is 0.211 e. The lowest BCUT2D eigenvalue weighted by molar-refractivity contribution is 0.0222. The van der Waals surface area contributed by atoms with Gasteiger partial charge in [0.25, 0.3) is 0 Å². The van der Waals surface area contributed by atoms with E-state index < -0.39 is 10.0 Å². The van der Waals surface area contributed by atoms with E-state index in [1.165, 1.54) is 17.4 Å². The van der Waals surface area contributed by atoms with Crippen LogP contribution in [0.15, 0.2) is 18.2 Å². The van der Waals surface area contributed by atoms with Crippen LogP contribution in [0.3, 0.4) is 0 Å². The number of halogens is 2. The summed E-state index contributed by atoms with van der Waals surface area (Å²) in [6.45, 7) is 2.75. The van der Waals surface area contributed by atoms with E-state index in [2.05, 4.69) is 17.0 Å². The summed E-state index contributed by atoms with van der Waals surface area (Å²) >= 11 is 6.22. The lowest BCUT2D eigenvalue weighted by Crippen LogP contribution is -2.57. The molecular weight excluding hydrogens is 367 g/mol. The van der Waals surface area contributed by atoms with E-state index in [9.17, 15) is 8.42 Å². The van der Waals surface area contributed by atoms with E-state index in [1.54, 1.807) is 4.31 Å². The van der Waals surface area contributed by atoms with Crippen molar-refractivity contribution >= 4 is 34.0 Å². The average molecular weight is 391 g/mol. The van der Waals surface area contributed by atoms with Crippen LogP contribution >= 0.6 is 24.0 Å². The molecule has 0 saturated carbocycles.